The van der Waals surface area contributed by atoms with Gasteiger partial charge in [0.15, 0.2) is 0 Å². The maximum absolute atomic E-state index is 12.1. The van der Waals surface area contributed by atoms with Crippen LogP contribution in [0.15, 0.2) is 0 Å². The zero-order valence-electron chi connectivity index (χ0n) is 14.9. The van der Waals surface area contributed by atoms with Crippen LogP contribution in [-0.2, 0) is 19.2 Å². The van der Waals surface area contributed by atoms with Gasteiger partial charge < -0.3 is 26.8 Å². The van der Waals surface area contributed by atoms with E-state index in [1.54, 1.807) is 0 Å². The van der Waals surface area contributed by atoms with Crippen LogP contribution >= 0.6 is 12.6 Å². The fourth-order valence-electron chi connectivity index (χ4n) is 1.86. The van der Waals surface area contributed by atoms with Crippen LogP contribution in [0.3, 0.4) is 0 Å². The molecular formula is C15H28N4O5S. The SMILES string of the molecule is CC(C)CC(NC(=O)C(C)NC(=O)C(C)NC(=O)C(N)CS)C(=O)O. The summed E-state index contributed by atoms with van der Waals surface area (Å²) in [6.45, 7) is 6.55. The average molecular weight is 376 g/mol. The van der Waals surface area contributed by atoms with Crippen molar-refractivity contribution in [3.8, 4) is 0 Å². The van der Waals surface area contributed by atoms with Crippen molar-refractivity contribution in [2.45, 2.75) is 58.3 Å². The summed E-state index contributed by atoms with van der Waals surface area (Å²) < 4.78 is 0. The molecule has 0 aliphatic rings. The first-order valence-electron chi connectivity index (χ1n) is 7.99. The molecule has 0 aliphatic carbocycles. The fourth-order valence-corrected chi connectivity index (χ4v) is 2.03. The molecule has 0 aromatic rings. The van der Waals surface area contributed by atoms with Gasteiger partial charge in [-0.1, -0.05) is 13.8 Å². The first kappa shape index (κ1) is 23.2. The summed E-state index contributed by atoms with van der Waals surface area (Å²) in [7, 11) is 0. The van der Waals surface area contributed by atoms with E-state index in [0.717, 1.165) is 0 Å². The zero-order chi connectivity index (χ0) is 19.7. The van der Waals surface area contributed by atoms with Gasteiger partial charge in [-0.25, -0.2) is 4.79 Å². The first-order chi connectivity index (χ1) is 11.5. The fraction of sp³-hybridized carbons (Fsp3) is 0.733. The van der Waals surface area contributed by atoms with Crippen LogP contribution in [0, 0.1) is 5.92 Å². The Kier molecular flexibility index (Phi) is 10.1. The molecule has 0 aliphatic heterocycles. The quantitative estimate of drug-likeness (QED) is 0.266. The van der Waals surface area contributed by atoms with E-state index < -0.39 is 47.9 Å². The molecule has 0 aromatic carbocycles. The van der Waals surface area contributed by atoms with Gasteiger partial charge >= 0.3 is 5.97 Å². The van der Waals surface area contributed by atoms with Crippen molar-refractivity contribution in [1.82, 2.24) is 16.0 Å². The third-order valence-corrected chi connectivity index (χ3v) is 3.75. The molecule has 0 spiro atoms. The van der Waals surface area contributed by atoms with Crippen molar-refractivity contribution in [1.29, 1.82) is 0 Å². The third kappa shape index (κ3) is 8.73. The Morgan fingerprint density at radius 2 is 1.36 bits per heavy atom. The molecule has 6 N–H and O–H groups in total. The van der Waals surface area contributed by atoms with Gasteiger partial charge in [0.1, 0.15) is 18.1 Å². The van der Waals surface area contributed by atoms with Crippen LogP contribution in [0.2, 0.25) is 0 Å². The van der Waals surface area contributed by atoms with Crippen LogP contribution in [0.25, 0.3) is 0 Å². The predicted octanol–water partition coefficient (Wildman–Crippen LogP) is -1.13. The highest BCUT2D eigenvalue weighted by Crippen LogP contribution is 2.05. The molecule has 0 rings (SSSR count). The van der Waals surface area contributed by atoms with Gasteiger partial charge in [0.2, 0.25) is 17.7 Å². The van der Waals surface area contributed by atoms with Gasteiger partial charge in [-0.3, -0.25) is 14.4 Å². The summed E-state index contributed by atoms with van der Waals surface area (Å²) in [6.07, 6.45) is 0.274. The number of carbonyl (C=O) groups is 4. The summed E-state index contributed by atoms with van der Waals surface area (Å²) in [6, 6.07) is -3.73. The smallest absolute Gasteiger partial charge is 0.326 e. The summed E-state index contributed by atoms with van der Waals surface area (Å²) in [5.41, 5.74) is 5.50. The largest absolute Gasteiger partial charge is 0.480 e. The number of carbonyl (C=O) groups excluding carboxylic acids is 3. The molecule has 0 fully saturated rings. The molecule has 0 bridgehead atoms. The lowest BCUT2D eigenvalue weighted by Crippen LogP contribution is -2.55. The number of nitrogens with two attached hydrogens (primary N) is 1. The van der Waals surface area contributed by atoms with Gasteiger partial charge in [0.25, 0.3) is 0 Å². The van der Waals surface area contributed by atoms with E-state index >= 15 is 0 Å². The lowest BCUT2D eigenvalue weighted by Gasteiger charge is -2.22. The molecule has 3 amide bonds. The summed E-state index contributed by atoms with van der Waals surface area (Å²) in [5.74, 6) is -2.66. The first-order valence-corrected chi connectivity index (χ1v) is 8.63. The molecule has 0 aromatic heterocycles. The van der Waals surface area contributed by atoms with Gasteiger partial charge in [-0.05, 0) is 26.2 Å². The van der Waals surface area contributed by atoms with Crippen LogP contribution in [0.1, 0.15) is 34.1 Å². The number of carboxylic acids is 1. The lowest BCUT2D eigenvalue weighted by atomic mass is 10.0. The Bertz CT molecular complexity index is 500. The Balaban J connectivity index is 4.61. The van der Waals surface area contributed by atoms with E-state index in [1.807, 2.05) is 13.8 Å². The summed E-state index contributed by atoms with van der Waals surface area (Å²) >= 11 is 3.90. The monoisotopic (exact) mass is 376 g/mol. The van der Waals surface area contributed by atoms with Crippen molar-refractivity contribution in [2.24, 2.45) is 11.7 Å². The highest BCUT2D eigenvalue weighted by atomic mass is 32.1. The van der Waals surface area contributed by atoms with Crippen molar-refractivity contribution < 1.29 is 24.3 Å². The minimum atomic E-state index is -1.14. The number of amides is 3. The molecule has 144 valence electrons. The summed E-state index contributed by atoms with van der Waals surface area (Å²) in [4.78, 5) is 46.9. The van der Waals surface area contributed by atoms with Crippen LogP contribution < -0.4 is 21.7 Å². The number of carboxylic acid groups (broad SMARTS) is 1. The molecule has 4 atom stereocenters. The van der Waals surface area contributed by atoms with E-state index in [1.165, 1.54) is 13.8 Å². The number of nitrogens with one attached hydrogen (secondary N) is 3. The Morgan fingerprint density at radius 3 is 1.76 bits per heavy atom. The summed E-state index contributed by atoms with van der Waals surface area (Å²) in [5, 5.41) is 16.3. The third-order valence-electron chi connectivity index (χ3n) is 3.36. The topological polar surface area (TPSA) is 151 Å². The maximum atomic E-state index is 12.1. The number of hydrogen-bond donors (Lipinski definition) is 6. The number of hydrogen-bond acceptors (Lipinski definition) is 6. The molecule has 0 heterocycles. The van der Waals surface area contributed by atoms with E-state index in [4.69, 9.17) is 10.8 Å². The average Bonchev–Trinajstić information content (AvgIpc) is 2.52. The normalized spacial score (nSPS) is 15.6. The van der Waals surface area contributed by atoms with Crippen molar-refractivity contribution in [2.75, 3.05) is 5.75 Å². The second-order valence-corrected chi connectivity index (χ2v) is 6.64. The van der Waals surface area contributed by atoms with Crippen LogP contribution in [-0.4, -0.2) is 58.7 Å². The standard InChI is InChI=1S/C15H28N4O5S/c1-7(2)5-11(15(23)24)19-13(21)9(4)17-12(20)8(3)18-14(22)10(16)6-25/h7-11,25H,5-6,16H2,1-4H3,(H,17,20)(H,18,22)(H,19,21)(H,23,24). The van der Waals surface area contributed by atoms with Crippen molar-refractivity contribution in [3.05, 3.63) is 0 Å². The molecule has 0 radical (unpaired) electrons. The van der Waals surface area contributed by atoms with E-state index in [9.17, 15) is 19.2 Å². The molecule has 0 saturated carbocycles. The number of aliphatic carboxylic acids is 1. The number of thiol groups is 1. The van der Waals surface area contributed by atoms with Gasteiger partial charge in [-0.2, -0.15) is 12.6 Å². The number of rotatable bonds is 10. The molecule has 4 unspecified atom stereocenters. The van der Waals surface area contributed by atoms with Gasteiger partial charge in [0.05, 0.1) is 6.04 Å². The van der Waals surface area contributed by atoms with E-state index in [2.05, 4.69) is 28.6 Å². The Morgan fingerprint density at radius 1 is 0.920 bits per heavy atom. The van der Waals surface area contributed by atoms with Crippen LogP contribution in [0.4, 0.5) is 0 Å². The van der Waals surface area contributed by atoms with Gasteiger partial charge in [0, 0.05) is 5.75 Å². The highest BCUT2D eigenvalue weighted by Gasteiger charge is 2.26. The van der Waals surface area contributed by atoms with Crippen LogP contribution in [0.5, 0.6) is 0 Å². The molecule has 0 saturated heterocycles. The Labute approximate surface area is 152 Å². The van der Waals surface area contributed by atoms with E-state index in [0.29, 0.717) is 0 Å². The molecule has 25 heavy (non-hydrogen) atoms. The minimum absolute atomic E-state index is 0.0811. The molecular weight excluding hydrogens is 348 g/mol. The van der Waals surface area contributed by atoms with Crippen molar-refractivity contribution in [3.63, 3.8) is 0 Å². The predicted molar refractivity (Wildman–Crippen MR) is 96.1 cm³/mol. The second kappa shape index (κ2) is 10.9. The van der Waals surface area contributed by atoms with Gasteiger partial charge in [-0.15, -0.1) is 0 Å². The van der Waals surface area contributed by atoms with E-state index in [-0.39, 0.29) is 18.1 Å². The Hall–Kier alpha value is -1.81. The molecule has 10 heteroatoms. The zero-order valence-corrected chi connectivity index (χ0v) is 15.8. The minimum Gasteiger partial charge on any atom is -0.480 e. The maximum Gasteiger partial charge on any atom is 0.326 e. The second-order valence-electron chi connectivity index (χ2n) is 6.28. The molecule has 9 nitrogen and oxygen atoms in total. The lowest BCUT2D eigenvalue weighted by molar-refractivity contribution is -0.142. The highest BCUT2D eigenvalue weighted by molar-refractivity contribution is 7.80. The van der Waals surface area contributed by atoms with Crippen molar-refractivity contribution >= 4 is 36.3 Å².